The van der Waals surface area contributed by atoms with E-state index in [2.05, 4.69) is 5.32 Å². The van der Waals surface area contributed by atoms with Gasteiger partial charge >= 0.3 is 19.5 Å². The number of carboxylic acids is 1. The average Bonchev–Trinajstić information content (AvgIpc) is 3.04. The van der Waals surface area contributed by atoms with E-state index in [4.69, 9.17) is 9.84 Å². The Kier molecular flexibility index (Phi) is 15.1. The molecule has 4 N–H and O–H groups in total. The molecule has 10 nitrogen and oxygen atoms in total. The number of nitrogens with one attached hydrogen (secondary N) is 1. The Hall–Kier alpha value is -3.82. The monoisotopic (exact) mass is 652 g/mol. The van der Waals surface area contributed by atoms with Crippen molar-refractivity contribution in [3.8, 4) is 11.1 Å². The van der Waals surface area contributed by atoms with Gasteiger partial charge in [-0.2, -0.15) is 0 Å². The molecule has 0 heterocycles. The second-order valence-corrected chi connectivity index (χ2v) is 13.0. The fourth-order valence-electron chi connectivity index (χ4n) is 5.52. The minimum absolute atomic E-state index is 0.0409. The first kappa shape index (κ1) is 36.6. The van der Waals surface area contributed by atoms with E-state index in [1.54, 1.807) is 42.2 Å². The first-order valence-electron chi connectivity index (χ1n) is 15.7. The Bertz CT molecular complexity index is 1410. The molecule has 248 valence electrons. The van der Waals surface area contributed by atoms with Crippen LogP contribution in [-0.2, 0) is 25.3 Å². The van der Waals surface area contributed by atoms with Crippen LogP contribution in [0.3, 0.4) is 0 Å². The standard InChI is InChI=1S/C28H39N2O6P.C7H6O2/c1-2-36-27(31)17-18-29-28(32)26(30(21-37(33,34)35)20-23-9-5-3-6-10-23)19-22-13-15-25(16-14-22)24-11-7-4-8-12-24;8-7(9)6-4-2-1-3-5-6/h4,7-8,11-16,23,26H,2-3,5-6,9-10,17-21H2,1H3,(H,29,32)(H2,33,34,35);1-5H,(H,8,9). The van der Waals surface area contributed by atoms with Crippen LogP contribution in [0.25, 0.3) is 11.1 Å². The molecule has 4 rings (SSSR count). The molecule has 1 unspecified atom stereocenters. The molecule has 0 aromatic heterocycles. The number of hydrogen-bond donors (Lipinski definition) is 4. The number of ether oxygens (including phenoxy) is 1. The van der Waals surface area contributed by atoms with Crippen molar-refractivity contribution >= 4 is 25.4 Å². The lowest BCUT2D eigenvalue weighted by Gasteiger charge is -2.35. The van der Waals surface area contributed by atoms with Gasteiger partial charge in [0.25, 0.3) is 0 Å². The largest absolute Gasteiger partial charge is 0.478 e. The zero-order valence-corrected chi connectivity index (χ0v) is 27.2. The summed E-state index contributed by atoms with van der Waals surface area (Å²) in [6, 6.07) is 25.4. The minimum Gasteiger partial charge on any atom is -0.478 e. The number of aromatic carboxylic acids is 1. The average molecular weight is 653 g/mol. The van der Waals surface area contributed by atoms with Gasteiger partial charge in [-0.1, -0.05) is 92.1 Å². The summed E-state index contributed by atoms with van der Waals surface area (Å²) in [6.45, 7) is 2.55. The normalized spacial score (nSPS) is 14.1. The summed E-state index contributed by atoms with van der Waals surface area (Å²) < 4.78 is 17.0. The van der Waals surface area contributed by atoms with Gasteiger partial charge in [0.2, 0.25) is 5.91 Å². The molecule has 0 spiro atoms. The van der Waals surface area contributed by atoms with E-state index in [9.17, 15) is 28.7 Å². The van der Waals surface area contributed by atoms with E-state index in [1.807, 2.05) is 54.6 Å². The molecule has 0 aliphatic heterocycles. The quantitative estimate of drug-likeness (QED) is 0.126. The van der Waals surface area contributed by atoms with E-state index >= 15 is 0 Å². The Balaban J connectivity index is 0.000000549. The number of hydrogen-bond acceptors (Lipinski definition) is 6. The van der Waals surface area contributed by atoms with E-state index in [0.29, 0.717) is 18.5 Å². The van der Waals surface area contributed by atoms with Gasteiger partial charge in [0.1, 0.15) is 6.29 Å². The van der Waals surface area contributed by atoms with E-state index in [0.717, 1.165) is 42.4 Å². The first-order valence-corrected chi connectivity index (χ1v) is 17.5. The van der Waals surface area contributed by atoms with Crippen molar-refractivity contribution in [1.82, 2.24) is 10.2 Å². The number of carbonyl (C=O) groups excluding carboxylic acids is 2. The van der Waals surface area contributed by atoms with E-state index in [-0.39, 0.29) is 31.4 Å². The van der Waals surface area contributed by atoms with E-state index < -0.39 is 31.9 Å². The van der Waals surface area contributed by atoms with Gasteiger partial charge in [0.05, 0.1) is 24.6 Å². The highest BCUT2D eigenvalue weighted by atomic mass is 31.2. The summed E-state index contributed by atoms with van der Waals surface area (Å²) in [7, 11) is -4.41. The zero-order valence-electron chi connectivity index (χ0n) is 26.3. The van der Waals surface area contributed by atoms with Crippen molar-refractivity contribution in [2.75, 3.05) is 26.0 Å². The minimum atomic E-state index is -4.41. The van der Waals surface area contributed by atoms with Crippen molar-refractivity contribution < 1.29 is 38.6 Å². The highest BCUT2D eigenvalue weighted by Gasteiger charge is 2.33. The van der Waals surface area contributed by atoms with Gasteiger partial charge in [0, 0.05) is 13.1 Å². The third kappa shape index (κ3) is 13.3. The number of nitrogens with zero attached hydrogens (tertiary/aromatic N) is 1. The van der Waals surface area contributed by atoms with Crippen LogP contribution in [0, 0.1) is 5.92 Å². The molecule has 3 aromatic carbocycles. The van der Waals surface area contributed by atoms with Crippen LogP contribution >= 0.6 is 7.60 Å². The summed E-state index contributed by atoms with van der Waals surface area (Å²) in [5.74, 6) is -1.34. The Labute approximate surface area is 271 Å². The third-order valence-corrected chi connectivity index (χ3v) is 8.50. The molecule has 1 aliphatic rings. The van der Waals surface area contributed by atoms with Gasteiger partial charge in [-0.15, -0.1) is 0 Å². The number of carbonyl (C=O) groups is 3. The van der Waals surface area contributed by atoms with Crippen molar-refractivity contribution in [3.05, 3.63) is 96.1 Å². The van der Waals surface area contributed by atoms with Crippen molar-refractivity contribution in [1.29, 1.82) is 0 Å². The molecular formula is C35H45N2O8P. The smallest absolute Gasteiger partial charge is 0.339 e. The maximum absolute atomic E-state index is 13.4. The second kappa shape index (κ2) is 19.0. The van der Waals surface area contributed by atoms with Gasteiger partial charge in [0.15, 0.2) is 0 Å². The van der Waals surface area contributed by atoms with Crippen LogP contribution in [0.2, 0.25) is 0 Å². The number of benzene rings is 3. The lowest BCUT2D eigenvalue weighted by Crippen LogP contribution is -2.50. The summed E-state index contributed by atoms with van der Waals surface area (Å²) >= 11 is 0. The van der Waals surface area contributed by atoms with E-state index in [1.165, 1.54) is 6.42 Å². The molecule has 1 atom stereocenters. The predicted molar refractivity (Wildman–Crippen MR) is 177 cm³/mol. The molecule has 11 heteroatoms. The molecule has 1 aliphatic carbocycles. The Morgan fingerprint density at radius 3 is 2.02 bits per heavy atom. The molecule has 0 radical (unpaired) electrons. The molecular weight excluding hydrogens is 607 g/mol. The number of esters is 1. The molecule has 1 amide bonds. The number of carboxylic acid groups (broad SMARTS) is 1. The van der Waals surface area contributed by atoms with Crippen molar-refractivity contribution in [2.45, 2.75) is 57.9 Å². The van der Waals surface area contributed by atoms with Crippen LogP contribution in [0.1, 0.15) is 61.4 Å². The van der Waals surface area contributed by atoms with Crippen LogP contribution in [0.5, 0.6) is 0 Å². The molecule has 0 bridgehead atoms. The topological polar surface area (TPSA) is 153 Å². The fourth-order valence-corrected chi connectivity index (χ4v) is 6.30. The second-order valence-electron chi connectivity index (χ2n) is 11.4. The molecule has 1 saturated carbocycles. The highest BCUT2D eigenvalue weighted by Crippen LogP contribution is 2.37. The van der Waals surface area contributed by atoms with Crippen LogP contribution in [0.4, 0.5) is 0 Å². The fraction of sp³-hybridized carbons (Fsp3) is 0.400. The van der Waals surface area contributed by atoms with Gasteiger partial charge in [-0.25, -0.2) is 4.79 Å². The third-order valence-electron chi connectivity index (χ3n) is 7.77. The van der Waals surface area contributed by atoms with Crippen LogP contribution < -0.4 is 5.32 Å². The molecule has 0 saturated heterocycles. The molecule has 46 heavy (non-hydrogen) atoms. The summed E-state index contributed by atoms with van der Waals surface area (Å²) in [5, 5.41) is 11.2. The maximum Gasteiger partial charge on any atom is 0.339 e. The van der Waals surface area contributed by atoms with Gasteiger partial charge < -0.3 is 24.9 Å². The van der Waals surface area contributed by atoms with Crippen LogP contribution in [-0.4, -0.2) is 69.7 Å². The maximum atomic E-state index is 13.4. The molecule has 1 fully saturated rings. The Morgan fingerprint density at radius 1 is 0.891 bits per heavy atom. The predicted octanol–water partition coefficient (Wildman–Crippen LogP) is 5.74. The first-order chi connectivity index (χ1) is 22.1. The Morgan fingerprint density at radius 2 is 1.48 bits per heavy atom. The zero-order chi connectivity index (χ0) is 33.4. The number of amides is 1. The van der Waals surface area contributed by atoms with Crippen LogP contribution in [0.15, 0.2) is 84.9 Å². The van der Waals surface area contributed by atoms with Crippen molar-refractivity contribution in [3.63, 3.8) is 0 Å². The summed E-state index contributed by atoms with van der Waals surface area (Å²) in [5.41, 5.74) is 3.36. The van der Waals surface area contributed by atoms with Crippen molar-refractivity contribution in [2.24, 2.45) is 5.92 Å². The lowest BCUT2D eigenvalue weighted by atomic mass is 9.88. The highest BCUT2D eigenvalue weighted by molar-refractivity contribution is 7.51. The molecule has 3 aromatic rings. The summed E-state index contributed by atoms with van der Waals surface area (Å²) in [6.07, 6.45) is 5.17. The van der Waals surface area contributed by atoms with Gasteiger partial charge in [-0.05, 0) is 60.9 Å². The lowest BCUT2D eigenvalue weighted by molar-refractivity contribution is -0.143. The summed E-state index contributed by atoms with van der Waals surface area (Å²) in [4.78, 5) is 56.7. The SMILES string of the molecule is CCOC(=O)CCNC(=O)C(Cc1ccc(-c2ccccc2)cc1)N(CC1CCCCC1)CP(=O)(O)O.O=C(O)c1ccccc1. The number of rotatable bonds is 14. The van der Waals surface area contributed by atoms with Gasteiger partial charge in [-0.3, -0.25) is 19.1 Å².